The van der Waals surface area contributed by atoms with E-state index in [4.69, 9.17) is 9.40 Å². The number of fused-ring (bicyclic) bond motifs is 4. The molecule has 2 aromatic carbocycles. The molecule has 3 heterocycles. The maximum Gasteiger partial charge on any atom is 0.162 e. The molecule has 7 nitrogen and oxygen atoms in total. The van der Waals surface area contributed by atoms with E-state index in [0.717, 1.165) is 82.1 Å². The fourth-order valence-corrected chi connectivity index (χ4v) is 6.17. The molecule has 0 atom stereocenters. The minimum absolute atomic E-state index is 0. The van der Waals surface area contributed by atoms with Crippen molar-refractivity contribution in [3.05, 3.63) is 71.6 Å². The van der Waals surface area contributed by atoms with Crippen LogP contribution in [0.5, 0.6) is 0 Å². The van der Waals surface area contributed by atoms with Gasteiger partial charge in [0.05, 0.1) is 11.5 Å². The van der Waals surface area contributed by atoms with Crippen molar-refractivity contribution in [2.75, 3.05) is 0 Å². The molecule has 265 valence electrons. The van der Waals surface area contributed by atoms with Gasteiger partial charge >= 0.3 is 0 Å². The topological polar surface area (TPSA) is 102 Å². The van der Waals surface area contributed by atoms with Crippen LogP contribution < -0.4 is 0 Å². The Morgan fingerprint density at radius 1 is 0.918 bits per heavy atom. The van der Waals surface area contributed by atoms with Crippen LogP contribution in [0.4, 0.5) is 0 Å². The van der Waals surface area contributed by atoms with Crippen molar-refractivity contribution in [2.24, 2.45) is 17.3 Å². The van der Waals surface area contributed by atoms with E-state index in [1.54, 1.807) is 6.33 Å². The number of carbonyl (C=O) groups excluding carboxylic acids is 1. The van der Waals surface area contributed by atoms with Gasteiger partial charge in [-0.2, -0.15) is 0 Å². The number of carbonyl (C=O) groups is 1. The van der Waals surface area contributed by atoms with Gasteiger partial charge in [-0.15, -0.1) is 12.1 Å². The van der Waals surface area contributed by atoms with Crippen LogP contribution in [0.15, 0.2) is 53.0 Å². The Balaban J connectivity index is 0.000000347. The van der Waals surface area contributed by atoms with Gasteiger partial charge < -0.3 is 9.52 Å². The third-order valence-electron chi connectivity index (χ3n) is 8.92. The molecule has 0 aliphatic carbocycles. The zero-order chi connectivity index (χ0) is 35.4. The van der Waals surface area contributed by atoms with Gasteiger partial charge in [-0.05, 0) is 73.8 Å². The monoisotopic (exact) mass is 842 g/mol. The van der Waals surface area contributed by atoms with Crippen molar-refractivity contribution in [3.63, 3.8) is 0 Å². The number of aryl methyl sites for hydroxylation is 1. The molecule has 0 aliphatic heterocycles. The van der Waals surface area contributed by atoms with Gasteiger partial charge in [0.1, 0.15) is 28.8 Å². The Kier molecular flexibility index (Phi) is 13.4. The van der Waals surface area contributed by atoms with Crippen molar-refractivity contribution in [1.29, 1.82) is 0 Å². The molecule has 1 radical (unpaired) electrons. The summed E-state index contributed by atoms with van der Waals surface area (Å²) in [5.41, 5.74) is 7.36. The van der Waals surface area contributed by atoms with Gasteiger partial charge in [0.25, 0.3) is 0 Å². The van der Waals surface area contributed by atoms with E-state index in [2.05, 4.69) is 86.8 Å². The number of benzene rings is 2. The summed E-state index contributed by atoms with van der Waals surface area (Å²) in [4.78, 5) is 30.0. The van der Waals surface area contributed by atoms with E-state index in [9.17, 15) is 9.90 Å². The normalized spacial score (nSPS) is 12.5. The van der Waals surface area contributed by atoms with Gasteiger partial charge in [0.2, 0.25) is 0 Å². The number of rotatable bonds is 9. The minimum Gasteiger partial charge on any atom is -0.512 e. The first kappa shape index (κ1) is 40.0. The second-order valence-electron chi connectivity index (χ2n) is 15.1. The van der Waals surface area contributed by atoms with Crippen molar-refractivity contribution in [2.45, 2.75) is 114 Å². The van der Waals surface area contributed by atoms with Crippen LogP contribution >= 0.6 is 0 Å². The summed E-state index contributed by atoms with van der Waals surface area (Å²) in [6.07, 6.45) is 9.33. The van der Waals surface area contributed by atoms with Crippen LogP contribution in [0.2, 0.25) is 0 Å². The smallest absolute Gasteiger partial charge is 0.162 e. The van der Waals surface area contributed by atoms with Crippen molar-refractivity contribution in [1.82, 2.24) is 19.9 Å². The summed E-state index contributed by atoms with van der Waals surface area (Å²) in [7, 11) is 0. The maximum absolute atomic E-state index is 11.7. The average molecular weight is 842 g/mol. The Hall–Kier alpha value is -3.48. The molecule has 0 fully saturated rings. The van der Waals surface area contributed by atoms with Crippen LogP contribution in [-0.2, 0) is 36.7 Å². The molecule has 1 N–H and O–H groups in total. The quantitative estimate of drug-likeness (QED) is 0.0896. The van der Waals surface area contributed by atoms with Gasteiger partial charge in [0, 0.05) is 48.9 Å². The van der Waals surface area contributed by atoms with E-state index < -0.39 is 0 Å². The first-order valence-electron chi connectivity index (χ1n) is 17.4. The zero-order valence-electron chi connectivity index (χ0n) is 31.1. The molecule has 5 rings (SSSR count). The maximum atomic E-state index is 11.7. The molecule has 0 amide bonds. The first-order chi connectivity index (χ1) is 22.6. The third-order valence-corrected chi connectivity index (χ3v) is 8.92. The number of aliphatic hydroxyl groups is 1. The Bertz CT molecular complexity index is 1920. The number of aliphatic hydroxyl groups excluding tert-OH is 1. The summed E-state index contributed by atoms with van der Waals surface area (Å²) >= 11 is 0. The zero-order valence-corrected chi connectivity index (χ0v) is 33.5. The van der Waals surface area contributed by atoms with Gasteiger partial charge in [-0.3, -0.25) is 19.7 Å². The minimum atomic E-state index is -0.106. The number of aromatic nitrogens is 4. The molecule has 0 spiro atoms. The molecule has 0 bridgehead atoms. The number of allylic oxidation sites excluding steroid dienone is 2. The largest absolute Gasteiger partial charge is 0.512 e. The predicted molar refractivity (Wildman–Crippen MR) is 197 cm³/mol. The molecule has 49 heavy (non-hydrogen) atoms. The average Bonchev–Trinajstić information content (AvgIpc) is 3.38. The van der Waals surface area contributed by atoms with Gasteiger partial charge in [-0.1, -0.05) is 91.8 Å². The first-order valence-corrected chi connectivity index (χ1v) is 17.4. The molecular weight excluding hydrogens is 789 g/mol. The Labute approximate surface area is 305 Å². The molecule has 0 aliphatic rings. The molecular formula is C41H53IrN4O3-. The molecule has 5 aromatic rings. The predicted octanol–water partition coefficient (Wildman–Crippen LogP) is 10.8. The van der Waals surface area contributed by atoms with E-state index in [-0.39, 0.29) is 54.3 Å². The third kappa shape index (κ3) is 9.61. The van der Waals surface area contributed by atoms with Crippen molar-refractivity contribution >= 4 is 38.8 Å². The molecule has 0 saturated carbocycles. The standard InChI is InChI=1S/C28H29N4O.C13H24O2.Ir/c1-16-29-14-19-11-18(12-21(23(19)32-16)28(5,6)7)24-26-25(31-15-30-24)20-9-8-17(10-22(20)33-26)13-27(2,3)4;1-5-10(6-2)12(14)9-13(15)11(7-3)8-4;/h8-10,12,14-15H,13H2,1-7H3;9-11,14H,5-8H2,1-4H3;/q-1;;/b;12-9-;. The van der Waals surface area contributed by atoms with Gasteiger partial charge in [-0.25, -0.2) is 4.98 Å². The van der Waals surface area contributed by atoms with E-state index in [1.165, 1.54) is 11.6 Å². The summed E-state index contributed by atoms with van der Waals surface area (Å²) in [5, 5.41) is 11.6. The van der Waals surface area contributed by atoms with Crippen LogP contribution in [0.25, 0.3) is 44.2 Å². The van der Waals surface area contributed by atoms with E-state index in [1.807, 2.05) is 40.8 Å². The van der Waals surface area contributed by atoms with Crippen LogP contribution in [0.1, 0.15) is 112 Å². The Morgan fingerprint density at radius 3 is 2.16 bits per heavy atom. The van der Waals surface area contributed by atoms with Crippen molar-refractivity contribution in [3.8, 4) is 11.3 Å². The number of hydrogen-bond donors (Lipinski definition) is 1. The summed E-state index contributed by atoms with van der Waals surface area (Å²) in [6, 6.07) is 12.0. The van der Waals surface area contributed by atoms with Crippen molar-refractivity contribution < 1.29 is 34.4 Å². The summed E-state index contributed by atoms with van der Waals surface area (Å²) in [6.45, 7) is 23.3. The number of ketones is 1. The Morgan fingerprint density at radius 2 is 1.57 bits per heavy atom. The second-order valence-corrected chi connectivity index (χ2v) is 15.1. The number of nitrogens with zero attached hydrogens (tertiary/aromatic N) is 4. The summed E-state index contributed by atoms with van der Waals surface area (Å²) in [5.74, 6) is 1.30. The molecule has 3 aromatic heterocycles. The van der Waals surface area contributed by atoms with E-state index >= 15 is 0 Å². The van der Waals surface area contributed by atoms with Crippen LogP contribution in [-0.4, -0.2) is 30.8 Å². The van der Waals surface area contributed by atoms with Crippen LogP contribution in [0, 0.1) is 30.2 Å². The molecule has 8 heteroatoms. The number of hydrogen-bond acceptors (Lipinski definition) is 7. The SMILES string of the molecule is CCC(CC)C(=O)/C=C(\O)C(CC)CC.Cc1ncc2[c-]c(-c3ncnc4c3oc3cc(CC(C)(C)C)ccc34)cc(C(C)(C)C)c2n1.[Ir]. The fourth-order valence-electron chi connectivity index (χ4n) is 6.17. The van der Waals surface area contributed by atoms with Gasteiger partial charge in [0.15, 0.2) is 5.78 Å². The number of furan rings is 1. The second kappa shape index (κ2) is 16.5. The van der Waals surface area contributed by atoms with Crippen LogP contribution in [0.3, 0.4) is 0 Å². The molecule has 0 saturated heterocycles. The fraction of sp³-hybridized carbons (Fsp3) is 0.488. The summed E-state index contributed by atoms with van der Waals surface area (Å²) < 4.78 is 6.37. The molecule has 0 unspecified atom stereocenters. The van der Waals surface area contributed by atoms with E-state index in [0.29, 0.717) is 5.58 Å².